The number of hydrogen-bond acceptors (Lipinski definition) is 6. The van der Waals surface area contributed by atoms with E-state index in [2.05, 4.69) is 26.1 Å². The van der Waals surface area contributed by atoms with Gasteiger partial charge in [-0.3, -0.25) is 10.2 Å². The number of nitrogens with zero attached hydrogens (tertiary/aromatic N) is 4. The number of methoxy groups -OCH3 is 1. The Morgan fingerprint density at radius 2 is 1.94 bits per heavy atom. The molecule has 6 rings (SSSR count). The van der Waals surface area contributed by atoms with E-state index < -0.39 is 0 Å². The van der Waals surface area contributed by atoms with Crippen LogP contribution in [0.3, 0.4) is 0 Å². The minimum Gasteiger partial charge on any atom is -0.497 e. The van der Waals surface area contributed by atoms with Crippen LogP contribution in [0.15, 0.2) is 53.7 Å². The van der Waals surface area contributed by atoms with Crippen molar-refractivity contribution in [3.63, 3.8) is 0 Å². The molecule has 9 nitrogen and oxygen atoms in total. The highest BCUT2D eigenvalue weighted by atomic mass is 16.7. The summed E-state index contributed by atoms with van der Waals surface area (Å²) in [5.74, 6) is 3.19. The summed E-state index contributed by atoms with van der Waals surface area (Å²) in [6, 6.07) is 12.8. The molecule has 0 radical (unpaired) electrons. The highest BCUT2D eigenvalue weighted by Gasteiger charge is 2.48. The molecule has 3 aromatic rings. The second-order valence-electron chi connectivity index (χ2n) is 9.54. The minimum atomic E-state index is -0.384. The Bertz CT molecular complexity index is 1340. The molecular formula is C25H25N5O4. The molecule has 2 atom stereocenters. The molecule has 1 N–H and O–H groups in total. The highest BCUT2D eigenvalue weighted by Crippen LogP contribution is 2.47. The molecule has 0 spiro atoms. The lowest BCUT2D eigenvalue weighted by Gasteiger charge is -2.33. The van der Waals surface area contributed by atoms with Gasteiger partial charge in [0.1, 0.15) is 17.6 Å². The average Bonchev–Trinajstić information content (AvgIpc) is 3.52. The largest absolute Gasteiger partial charge is 0.497 e. The third kappa shape index (κ3) is 3.03. The van der Waals surface area contributed by atoms with Crippen LogP contribution in [0.2, 0.25) is 0 Å². The molecule has 9 heteroatoms. The number of amides is 2. The Hall–Kier alpha value is -4.01. The van der Waals surface area contributed by atoms with E-state index in [-0.39, 0.29) is 30.3 Å². The zero-order valence-corrected chi connectivity index (χ0v) is 19.4. The number of ether oxygens (including phenoxy) is 3. The van der Waals surface area contributed by atoms with Crippen molar-refractivity contribution in [3.05, 3.63) is 59.8 Å². The van der Waals surface area contributed by atoms with Crippen molar-refractivity contribution in [2.45, 2.75) is 38.3 Å². The standard InChI is InChI=1S/C25H25N5O4/c1-25(2,3)30-23-17(12-26-30)20(14-8-9-18-19(10-14)34-13-33-18)21-22(27-23)28-24(31)29(21)15-6-5-7-16(11-15)32-4/h5-12,20-21H,13H2,1-4H3,(H,27,28,31)/t20-,21+/m1/s1. The molecule has 0 bridgehead atoms. The third-order valence-electron chi connectivity index (χ3n) is 6.38. The lowest BCUT2D eigenvalue weighted by molar-refractivity contribution is 0.174. The van der Waals surface area contributed by atoms with Gasteiger partial charge in [-0.05, 0) is 50.6 Å². The summed E-state index contributed by atoms with van der Waals surface area (Å²) in [6.45, 7) is 6.44. The maximum Gasteiger partial charge on any atom is 0.328 e. The van der Waals surface area contributed by atoms with Crippen molar-refractivity contribution in [2.24, 2.45) is 4.99 Å². The smallest absolute Gasteiger partial charge is 0.328 e. The SMILES string of the molecule is COc1cccc(N2C(=O)NC3=Nc4c(cnn4C(C)(C)C)[C@@H](c4ccc5c(c4)OCO5)[C@@H]32)c1. The summed E-state index contributed by atoms with van der Waals surface area (Å²) in [7, 11) is 1.61. The molecule has 2 aromatic carbocycles. The molecule has 0 unspecified atom stereocenters. The number of fused-ring (bicyclic) bond motifs is 3. The number of urea groups is 1. The Morgan fingerprint density at radius 3 is 2.74 bits per heavy atom. The number of amidine groups is 1. The number of aliphatic imine (C=N–C) groups is 1. The molecule has 34 heavy (non-hydrogen) atoms. The van der Waals surface area contributed by atoms with Gasteiger partial charge < -0.3 is 14.2 Å². The summed E-state index contributed by atoms with van der Waals surface area (Å²) < 4.78 is 18.5. The van der Waals surface area contributed by atoms with Crippen LogP contribution in [0.4, 0.5) is 16.3 Å². The molecular weight excluding hydrogens is 434 g/mol. The van der Waals surface area contributed by atoms with Gasteiger partial charge in [0.05, 0.1) is 18.8 Å². The Kier molecular flexibility index (Phi) is 4.39. The van der Waals surface area contributed by atoms with E-state index in [1.165, 1.54) is 0 Å². The van der Waals surface area contributed by atoms with E-state index in [0.717, 1.165) is 22.6 Å². The molecule has 1 aromatic heterocycles. The van der Waals surface area contributed by atoms with Gasteiger partial charge in [-0.1, -0.05) is 12.1 Å². The maximum absolute atomic E-state index is 13.3. The average molecular weight is 460 g/mol. The first-order chi connectivity index (χ1) is 16.3. The number of carbonyl (C=O) groups excluding carboxylic acids is 1. The quantitative estimate of drug-likeness (QED) is 0.636. The first-order valence-electron chi connectivity index (χ1n) is 11.2. The van der Waals surface area contributed by atoms with Gasteiger partial charge >= 0.3 is 6.03 Å². The van der Waals surface area contributed by atoms with Crippen molar-refractivity contribution in [3.8, 4) is 17.2 Å². The van der Waals surface area contributed by atoms with E-state index in [1.54, 1.807) is 12.0 Å². The Morgan fingerprint density at radius 1 is 1.12 bits per heavy atom. The number of aromatic nitrogens is 2. The van der Waals surface area contributed by atoms with Gasteiger partial charge in [-0.25, -0.2) is 14.5 Å². The van der Waals surface area contributed by atoms with Gasteiger partial charge in [0.25, 0.3) is 0 Å². The maximum atomic E-state index is 13.3. The van der Waals surface area contributed by atoms with Crippen molar-refractivity contribution in [1.82, 2.24) is 15.1 Å². The zero-order chi connectivity index (χ0) is 23.6. The molecule has 4 heterocycles. The lowest BCUT2D eigenvalue weighted by atomic mass is 9.83. The Labute approximate surface area is 196 Å². The molecule has 1 saturated heterocycles. The van der Waals surface area contributed by atoms with E-state index in [1.807, 2.05) is 53.3 Å². The number of nitrogens with one attached hydrogen (secondary N) is 1. The van der Waals surface area contributed by atoms with Crippen LogP contribution in [-0.4, -0.2) is 41.6 Å². The molecule has 174 valence electrons. The van der Waals surface area contributed by atoms with Gasteiger partial charge in [-0.15, -0.1) is 0 Å². The predicted molar refractivity (Wildman–Crippen MR) is 127 cm³/mol. The number of rotatable bonds is 3. The van der Waals surface area contributed by atoms with Crippen molar-refractivity contribution >= 4 is 23.4 Å². The van der Waals surface area contributed by atoms with Crippen LogP contribution >= 0.6 is 0 Å². The summed E-state index contributed by atoms with van der Waals surface area (Å²) >= 11 is 0. The lowest BCUT2D eigenvalue weighted by Crippen LogP contribution is -2.42. The number of benzene rings is 2. The summed E-state index contributed by atoms with van der Waals surface area (Å²) in [5.41, 5.74) is 2.39. The van der Waals surface area contributed by atoms with Crippen molar-refractivity contribution in [1.29, 1.82) is 0 Å². The summed E-state index contributed by atoms with van der Waals surface area (Å²) in [4.78, 5) is 19.9. The van der Waals surface area contributed by atoms with Crippen LogP contribution < -0.4 is 24.4 Å². The number of carbonyl (C=O) groups is 1. The first kappa shape index (κ1) is 20.6. The van der Waals surface area contributed by atoms with Gasteiger partial charge in [0.15, 0.2) is 17.3 Å². The normalized spacial score (nSPS) is 20.5. The predicted octanol–water partition coefficient (Wildman–Crippen LogP) is 4.15. The number of anilines is 1. The molecule has 3 aliphatic rings. The van der Waals surface area contributed by atoms with Crippen molar-refractivity contribution < 1.29 is 19.0 Å². The molecule has 1 fully saturated rings. The fraction of sp³-hybridized carbons (Fsp3) is 0.320. The van der Waals surface area contributed by atoms with Gasteiger partial charge in [0, 0.05) is 23.2 Å². The second-order valence-corrected chi connectivity index (χ2v) is 9.54. The van der Waals surface area contributed by atoms with Crippen LogP contribution in [0.1, 0.15) is 37.8 Å². The van der Waals surface area contributed by atoms with Crippen LogP contribution in [-0.2, 0) is 5.54 Å². The molecule has 3 aliphatic heterocycles. The topological polar surface area (TPSA) is 90.2 Å². The van der Waals surface area contributed by atoms with E-state index in [0.29, 0.717) is 23.1 Å². The molecule has 0 saturated carbocycles. The van der Waals surface area contributed by atoms with Crippen molar-refractivity contribution in [2.75, 3.05) is 18.8 Å². The summed E-state index contributed by atoms with van der Waals surface area (Å²) in [5, 5.41) is 7.69. The fourth-order valence-electron chi connectivity index (χ4n) is 4.86. The van der Waals surface area contributed by atoms with Crippen LogP contribution in [0, 0.1) is 0 Å². The van der Waals surface area contributed by atoms with Gasteiger partial charge in [0.2, 0.25) is 6.79 Å². The second kappa shape index (κ2) is 7.24. The zero-order valence-electron chi connectivity index (χ0n) is 19.4. The monoisotopic (exact) mass is 459 g/mol. The van der Waals surface area contributed by atoms with E-state index in [4.69, 9.17) is 24.3 Å². The first-order valence-corrected chi connectivity index (χ1v) is 11.2. The minimum absolute atomic E-state index is 0.197. The van der Waals surface area contributed by atoms with Crippen LogP contribution in [0.5, 0.6) is 17.2 Å². The number of hydrogen-bond donors (Lipinski definition) is 1. The molecule has 2 amide bonds. The third-order valence-corrected chi connectivity index (χ3v) is 6.38. The fourth-order valence-corrected chi connectivity index (χ4v) is 4.86. The summed E-state index contributed by atoms with van der Waals surface area (Å²) in [6.07, 6.45) is 1.86. The highest BCUT2D eigenvalue weighted by molar-refractivity contribution is 6.18. The van der Waals surface area contributed by atoms with Gasteiger partial charge in [-0.2, -0.15) is 5.10 Å². The van der Waals surface area contributed by atoms with E-state index >= 15 is 0 Å². The molecule has 0 aliphatic carbocycles. The Balaban J connectivity index is 1.55. The van der Waals surface area contributed by atoms with E-state index in [9.17, 15) is 4.79 Å². The van der Waals surface area contributed by atoms with Crippen LogP contribution in [0.25, 0.3) is 0 Å².